The van der Waals surface area contributed by atoms with Crippen molar-refractivity contribution in [2.24, 2.45) is 0 Å². The molecule has 0 radical (unpaired) electrons. The lowest BCUT2D eigenvalue weighted by atomic mass is 10.1. The number of carbonyl (C=O) groups is 3. The van der Waals surface area contributed by atoms with Gasteiger partial charge < -0.3 is 4.74 Å². The molecule has 1 atom stereocenters. The summed E-state index contributed by atoms with van der Waals surface area (Å²) in [5.74, 6) is -1.40. The van der Waals surface area contributed by atoms with Gasteiger partial charge in [0.2, 0.25) is 0 Å². The molecular formula is C20H14N2O4. The Hall–Kier alpha value is -3.54. The summed E-state index contributed by atoms with van der Waals surface area (Å²) in [6.45, 7) is 1.47. The van der Waals surface area contributed by atoms with Gasteiger partial charge in [0.05, 0.1) is 11.1 Å². The zero-order valence-corrected chi connectivity index (χ0v) is 13.9. The van der Waals surface area contributed by atoms with Crippen LogP contribution in [0.25, 0.3) is 10.9 Å². The summed E-state index contributed by atoms with van der Waals surface area (Å²) in [5, 5.41) is 0.825. The molecule has 0 aliphatic carbocycles. The number of imide groups is 1. The van der Waals surface area contributed by atoms with Gasteiger partial charge in [-0.3, -0.25) is 19.5 Å². The van der Waals surface area contributed by atoms with Crippen LogP contribution in [0.3, 0.4) is 0 Å². The van der Waals surface area contributed by atoms with Crippen LogP contribution in [0.15, 0.2) is 60.8 Å². The second-order valence-corrected chi connectivity index (χ2v) is 5.95. The fourth-order valence-corrected chi connectivity index (χ4v) is 3.02. The van der Waals surface area contributed by atoms with E-state index in [1.807, 2.05) is 12.1 Å². The number of esters is 1. The number of carbonyl (C=O) groups excluding carboxylic acids is 3. The van der Waals surface area contributed by atoms with Crippen molar-refractivity contribution in [1.82, 2.24) is 9.88 Å². The molecule has 0 bridgehead atoms. The number of amides is 2. The van der Waals surface area contributed by atoms with Crippen LogP contribution in [0.1, 0.15) is 27.6 Å². The van der Waals surface area contributed by atoms with Gasteiger partial charge in [-0.25, -0.2) is 4.79 Å². The molecule has 4 rings (SSSR count). The van der Waals surface area contributed by atoms with Crippen molar-refractivity contribution in [1.29, 1.82) is 0 Å². The van der Waals surface area contributed by atoms with Crippen LogP contribution < -0.4 is 4.74 Å². The molecule has 128 valence electrons. The third-order valence-electron chi connectivity index (χ3n) is 4.36. The second-order valence-electron chi connectivity index (χ2n) is 5.95. The van der Waals surface area contributed by atoms with Crippen molar-refractivity contribution in [3.63, 3.8) is 0 Å². The van der Waals surface area contributed by atoms with Gasteiger partial charge in [0.1, 0.15) is 11.6 Å². The van der Waals surface area contributed by atoms with Gasteiger partial charge in [-0.15, -0.1) is 0 Å². The quantitative estimate of drug-likeness (QED) is 0.414. The molecule has 0 saturated carbocycles. The minimum atomic E-state index is -1.05. The predicted molar refractivity (Wildman–Crippen MR) is 93.8 cm³/mol. The largest absolute Gasteiger partial charge is 0.423 e. The molecule has 0 saturated heterocycles. The number of benzene rings is 2. The minimum Gasteiger partial charge on any atom is -0.423 e. The predicted octanol–water partition coefficient (Wildman–Crippen LogP) is 2.82. The van der Waals surface area contributed by atoms with E-state index in [0.717, 1.165) is 10.3 Å². The van der Waals surface area contributed by atoms with Gasteiger partial charge in [0.15, 0.2) is 5.75 Å². The van der Waals surface area contributed by atoms with Crippen molar-refractivity contribution in [2.45, 2.75) is 13.0 Å². The third-order valence-corrected chi connectivity index (χ3v) is 4.36. The topological polar surface area (TPSA) is 76.6 Å². The standard InChI is InChI=1S/C20H14N2O4/c1-12(22-18(23)14-8-2-3-9-15(14)19(22)24)20(25)26-16-10-4-6-13-7-5-11-21-17(13)16/h2-12H,1H3/t12-/m1/s1. The summed E-state index contributed by atoms with van der Waals surface area (Å²) in [6, 6.07) is 14.3. The molecule has 1 aromatic heterocycles. The van der Waals surface area contributed by atoms with Gasteiger partial charge in [-0.1, -0.05) is 30.3 Å². The summed E-state index contributed by atoms with van der Waals surface area (Å²) in [7, 11) is 0. The van der Waals surface area contributed by atoms with Crippen LogP contribution >= 0.6 is 0 Å². The zero-order valence-electron chi connectivity index (χ0n) is 13.9. The highest BCUT2D eigenvalue weighted by atomic mass is 16.5. The van der Waals surface area contributed by atoms with E-state index in [1.165, 1.54) is 6.92 Å². The summed E-state index contributed by atoms with van der Waals surface area (Å²) in [6.07, 6.45) is 1.60. The molecule has 0 unspecified atom stereocenters. The van der Waals surface area contributed by atoms with E-state index in [9.17, 15) is 14.4 Å². The maximum Gasteiger partial charge on any atom is 0.334 e. The molecule has 6 nitrogen and oxygen atoms in total. The lowest BCUT2D eigenvalue weighted by molar-refractivity contribution is -0.138. The highest BCUT2D eigenvalue weighted by molar-refractivity contribution is 6.22. The minimum absolute atomic E-state index is 0.288. The van der Waals surface area contributed by atoms with Crippen LogP contribution in [-0.2, 0) is 4.79 Å². The van der Waals surface area contributed by atoms with Gasteiger partial charge in [-0.05, 0) is 31.2 Å². The first-order chi connectivity index (χ1) is 12.6. The molecule has 0 N–H and O–H groups in total. The number of fused-ring (bicyclic) bond motifs is 2. The molecule has 2 aromatic carbocycles. The Balaban J connectivity index is 1.61. The first-order valence-electron chi connectivity index (χ1n) is 8.10. The van der Waals surface area contributed by atoms with E-state index >= 15 is 0 Å². The molecule has 1 aliphatic heterocycles. The van der Waals surface area contributed by atoms with E-state index in [4.69, 9.17) is 4.74 Å². The number of aromatic nitrogens is 1. The van der Waals surface area contributed by atoms with Crippen LogP contribution in [0.5, 0.6) is 5.75 Å². The SMILES string of the molecule is C[C@H](C(=O)Oc1cccc2cccnc12)N1C(=O)c2ccccc2C1=O. The van der Waals surface area contributed by atoms with Gasteiger partial charge in [0.25, 0.3) is 11.8 Å². The third kappa shape index (κ3) is 2.43. The summed E-state index contributed by atoms with van der Waals surface area (Å²) >= 11 is 0. The van der Waals surface area contributed by atoms with Gasteiger partial charge in [-0.2, -0.15) is 0 Å². The average molecular weight is 346 g/mol. The lowest BCUT2D eigenvalue weighted by Crippen LogP contribution is -2.44. The van der Waals surface area contributed by atoms with E-state index < -0.39 is 23.8 Å². The Morgan fingerprint density at radius 2 is 1.62 bits per heavy atom. The monoisotopic (exact) mass is 346 g/mol. The maximum absolute atomic E-state index is 12.6. The van der Waals surface area contributed by atoms with E-state index in [1.54, 1.807) is 48.7 Å². The lowest BCUT2D eigenvalue weighted by Gasteiger charge is -2.21. The van der Waals surface area contributed by atoms with Crippen LogP contribution in [0.2, 0.25) is 0 Å². The molecule has 0 spiro atoms. The van der Waals surface area contributed by atoms with Crippen molar-refractivity contribution in [3.8, 4) is 5.75 Å². The molecular weight excluding hydrogens is 332 g/mol. The zero-order chi connectivity index (χ0) is 18.3. The Labute approximate surface area is 149 Å². The van der Waals surface area contributed by atoms with Crippen molar-refractivity contribution >= 4 is 28.7 Å². The van der Waals surface area contributed by atoms with Gasteiger partial charge in [0, 0.05) is 11.6 Å². The fraction of sp³-hybridized carbons (Fsp3) is 0.100. The van der Waals surface area contributed by atoms with E-state index in [0.29, 0.717) is 16.6 Å². The van der Waals surface area contributed by atoms with Gasteiger partial charge >= 0.3 is 5.97 Å². The summed E-state index contributed by atoms with van der Waals surface area (Å²) in [5.41, 5.74) is 1.13. The van der Waals surface area contributed by atoms with Crippen LogP contribution in [0, 0.1) is 0 Å². The number of hydrogen-bond donors (Lipinski definition) is 0. The number of ether oxygens (including phenoxy) is 1. The highest BCUT2D eigenvalue weighted by Gasteiger charge is 2.41. The van der Waals surface area contributed by atoms with E-state index in [2.05, 4.69) is 4.98 Å². The number of nitrogens with zero attached hydrogens (tertiary/aromatic N) is 2. The second kappa shape index (κ2) is 6.07. The molecule has 1 aliphatic rings. The number of para-hydroxylation sites is 1. The normalized spacial score (nSPS) is 14.4. The summed E-state index contributed by atoms with van der Waals surface area (Å²) in [4.78, 5) is 42.8. The fourth-order valence-electron chi connectivity index (χ4n) is 3.02. The Kier molecular flexibility index (Phi) is 3.73. The first-order valence-corrected chi connectivity index (χ1v) is 8.10. The van der Waals surface area contributed by atoms with Crippen molar-refractivity contribution < 1.29 is 19.1 Å². The maximum atomic E-state index is 12.6. The van der Waals surface area contributed by atoms with Crippen LogP contribution in [0.4, 0.5) is 0 Å². The van der Waals surface area contributed by atoms with Crippen molar-refractivity contribution in [2.75, 3.05) is 0 Å². The average Bonchev–Trinajstić information content (AvgIpc) is 2.92. The number of hydrogen-bond acceptors (Lipinski definition) is 5. The van der Waals surface area contributed by atoms with Crippen LogP contribution in [-0.4, -0.2) is 33.7 Å². The molecule has 26 heavy (non-hydrogen) atoms. The first kappa shape index (κ1) is 16.0. The Morgan fingerprint density at radius 3 is 2.31 bits per heavy atom. The Morgan fingerprint density at radius 1 is 0.962 bits per heavy atom. The molecule has 2 amide bonds. The van der Waals surface area contributed by atoms with E-state index in [-0.39, 0.29) is 5.75 Å². The molecule has 3 aromatic rings. The molecule has 0 fully saturated rings. The highest BCUT2D eigenvalue weighted by Crippen LogP contribution is 2.27. The smallest absolute Gasteiger partial charge is 0.334 e. The Bertz CT molecular complexity index is 1020. The van der Waals surface area contributed by atoms with Crippen molar-refractivity contribution in [3.05, 3.63) is 71.9 Å². The summed E-state index contributed by atoms with van der Waals surface area (Å²) < 4.78 is 5.45. The number of rotatable bonds is 3. The molecule has 6 heteroatoms. The number of pyridine rings is 1. The molecule has 2 heterocycles.